The molecule has 2 aromatic rings. The molecule has 0 radical (unpaired) electrons. The van der Waals surface area contributed by atoms with Gasteiger partial charge in [-0.2, -0.15) is 4.98 Å². The third kappa shape index (κ3) is 3.42. The van der Waals surface area contributed by atoms with Crippen molar-refractivity contribution in [2.75, 3.05) is 10.7 Å². The fourth-order valence-corrected chi connectivity index (χ4v) is 1.90. The summed E-state index contributed by atoms with van der Waals surface area (Å²) in [5, 5.41) is 3.22. The van der Waals surface area contributed by atoms with Crippen LogP contribution in [-0.2, 0) is 0 Å². The number of aromatic nitrogens is 2. The highest BCUT2D eigenvalue weighted by Crippen LogP contribution is 2.25. The van der Waals surface area contributed by atoms with Crippen LogP contribution in [0.5, 0.6) is 0 Å². The van der Waals surface area contributed by atoms with Crippen LogP contribution in [0.3, 0.4) is 0 Å². The van der Waals surface area contributed by atoms with Crippen molar-refractivity contribution in [2.45, 2.75) is 19.8 Å². The molecule has 0 bridgehead atoms. The van der Waals surface area contributed by atoms with Crippen molar-refractivity contribution in [3.05, 3.63) is 40.5 Å². The summed E-state index contributed by atoms with van der Waals surface area (Å²) in [7, 11) is 0. The molecular formula is C13H16BrN5. The van der Waals surface area contributed by atoms with Crippen molar-refractivity contribution in [3.63, 3.8) is 0 Å². The fraction of sp³-hybridized carbons (Fsp3) is 0.231. The van der Waals surface area contributed by atoms with Crippen LogP contribution in [0, 0.1) is 0 Å². The molecule has 0 atom stereocenters. The van der Waals surface area contributed by atoms with Crippen LogP contribution in [0.25, 0.3) is 0 Å². The zero-order chi connectivity index (χ0) is 13.8. The van der Waals surface area contributed by atoms with E-state index in [0.717, 1.165) is 10.2 Å². The Morgan fingerprint density at radius 1 is 1.21 bits per heavy atom. The van der Waals surface area contributed by atoms with Gasteiger partial charge in [-0.05, 0) is 39.5 Å². The normalized spacial score (nSPS) is 10.6. The molecule has 0 spiro atoms. The van der Waals surface area contributed by atoms with E-state index in [1.165, 1.54) is 5.56 Å². The van der Waals surface area contributed by atoms with Crippen LogP contribution in [-0.4, -0.2) is 9.97 Å². The van der Waals surface area contributed by atoms with Gasteiger partial charge in [-0.3, -0.25) is 5.43 Å². The third-order valence-corrected chi connectivity index (χ3v) is 3.29. The number of halogens is 1. The largest absolute Gasteiger partial charge is 0.339 e. The molecule has 2 rings (SSSR count). The molecule has 0 fully saturated rings. The van der Waals surface area contributed by atoms with Crippen LogP contribution in [0.4, 0.5) is 17.5 Å². The highest BCUT2D eigenvalue weighted by atomic mass is 79.9. The highest BCUT2D eigenvalue weighted by Gasteiger charge is 2.05. The summed E-state index contributed by atoms with van der Waals surface area (Å²) in [4.78, 5) is 8.24. The Bertz CT molecular complexity index is 553. The lowest BCUT2D eigenvalue weighted by Gasteiger charge is -2.10. The minimum atomic E-state index is 0.365. The van der Waals surface area contributed by atoms with Crippen molar-refractivity contribution >= 4 is 33.4 Å². The number of hydrogen-bond donors (Lipinski definition) is 3. The number of hydrogen-bond acceptors (Lipinski definition) is 5. The molecule has 4 N–H and O–H groups in total. The zero-order valence-electron chi connectivity index (χ0n) is 10.8. The number of hydrazine groups is 1. The third-order valence-electron chi connectivity index (χ3n) is 2.71. The Kier molecular flexibility index (Phi) is 4.34. The van der Waals surface area contributed by atoms with E-state index in [-0.39, 0.29) is 0 Å². The minimum Gasteiger partial charge on any atom is -0.339 e. The molecule has 0 aliphatic heterocycles. The number of nitrogens with one attached hydrogen (secondary N) is 2. The Morgan fingerprint density at radius 3 is 2.47 bits per heavy atom. The quantitative estimate of drug-likeness (QED) is 0.594. The van der Waals surface area contributed by atoms with E-state index < -0.39 is 0 Å². The van der Waals surface area contributed by atoms with E-state index in [1.54, 1.807) is 6.20 Å². The maximum absolute atomic E-state index is 5.30. The molecule has 6 heteroatoms. The molecule has 0 saturated carbocycles. The van der Waals surface area contributed by atoms with Crippen molar-refractivity contribution in [1.29, 1.82) is 0 Å². The van der Waals surface area contributed by atoms with E-state index in [2.05, 4.69) is 62.6 Å². The summed E-state index contributed by atoms with van der Waals surface area (Å²) in [6.07, 6.45) is 1.65. The lowest BCUT2D eigenvalue weighted by atomic mass is 10.0. The van der Waals surface area contributed by atoms with Crippen LogP contribution < -0.4 is 16.6 Å². The van der Waals surface area contributed by atoms with Crippen LogP contribution in [0.1, 0.15) is 25.3 Å². The van der Waals surface area contributed by atoms with Crippen molar-refractivity contribution in [2.24, 2.45) is 5.84 Å². The van der Waals surface area contributed by atoms with Crippen molar-refractivity contribution in [1.82, 2.24) is 9.97 Å². The van der Waals surface area contributed by atoms with Gasteiger partial charge in [-0.25, -0.2) is 10.8 Å². The number of nitrogens with zero attached hydrogens (tertiary/aromatic N) is 2. The van der Waals surface area contributed by atoms with Gasteiger partial charge in [-0.1, -0.05) is 26.0 Å². The zero-order valence-corrected chi connectivity index (χ0v) is 12.4. The van der Waals surface area contributed by atoms with Gasteiger partial charge < -0.3 is 5.32 Å². The number of benzene rings is 1. The first kappa shape index (κ1) is 13.8. The summed E-state index contributed by atoms with van der Waals surface area (Å²) in [6.45, 7) is 4.34. The molecule has 0 unspecified atom stereocenters. The molecule has 19 heavy (non-hydrogen) atoms. The first-order valence-corrected chi connectivity index (χ1v) is 6.75. The summed E-state index contributed by atoms with van der Waals surface area (Å²) >= 11 is 3.40. The Morgan fingerprint density at radius 2 is 1.89 bits per heavy atom. The Hall–Kier alpha value is -1.66. The molecule has 5 nitrogen and oxygen atoms in total. The van der Waals surface area contributed by atoms with Crippen molar-refractivity contribution < 1.29 is 0 Å². The monoisotopic (exact) mass is 321 g/mol. The maximum atomic E-state index is 5.30. The van der Waals surface area contributed by atoms with E-state index in [0.29, 0.717) is 17.7 Å². The van der Waals surface area contributed by atoms with Crippen LogP contribution >= 0.6 is 15.9 Å². The van der Waals surface area contributed by atoms with Gasteiger partial charge in [0, 0.05) is 11.9 Å². The summed E-state index contributed by atoms with van der Waals surface area (Å²) in [5.74, 6) is 6.85. The number of anilines is 3. The Balaban J connectivity index is 2.20. The lowest BCUT2D eigenvalue weighted by molar-refractivity contribution is 0.867. The van der Waals surface area contributed by atoms with Gasteiger partial charge in [0.2, 0.25) is 5.95 Å². The van der Waals surface area contributed by atoms with Gasteiger partial charge in [0.25, 0.3) is 0 Å². The topological polar surface area (TPSA) is 75.9 Å². The van der Waals surface area contributed by atoms with Gasteiger partial charge in [0.15, 0.2) is 0 Å². The van der Waals surface area contributed by atoms with Gasteiger partial charge in [-0.15, -0.1) is 0 Å². The van der Waals surface area contributed by atoms with E-state index in [4.69, 9.17) is 5.84 Å². The van der Waals surface area contributed by atoms with Crippen LogP contribution in [0.15, 0.2) is 34.9 Å². The minimum absolute atomic E-state index is 0.365. The molecule has 1 heterocycles. The molecule has 0 aliphatic rings. The predicted molar refractivity (Wildman–Crippen MR) is 81.4 cm³/mol. The Labute approximate surface area is 120 Å². The molecule has 100 valence electrons. The smallest absolute Gasteiger partial charge is 0.239 e. The van der Waals surface area contributed by atoms with Gasteiger partial charge in [0.1, 0.15) is 5.82 Å². The van der Waals surface area contributed by atoms with E-state index in [1.807, 2.05) is 12.1 Å². The second-order valence-electron chi connectivity index (χ2n) is 4.44. The average molecular weight is 322 g/mol. The standard InChI is InChI=1S/C13H16BrN5/c1-8(2)9-3-5-10(6-4-9)17-12-11(14)7-16-13(18-12)19-15/h3-8H,15H2,1-2H3,(H2,16,17,18,19). The fourth-order valence-electron chi connectivity index (χ4n) is 1.61. The average Bonchev–Trinajstić information content (AvgIpc) is 2.42. The van der Waals surface area contributed by atoms with Crippen molar-refractivity contribution in [3.8, 4) is 0 Å². The number of nitrogens with two attached hydrogens (primary N) is 1. The number of nitrogen functional groups attached to an aromatic ring is 1. The summed E-state index contributed by atoms with van der Waals surface area (Å²) in [6, 6.07) is 8.26. The molecule has 0 amide bonds. The summed E-state index contributed by atoms with van der Waals surface area (Å²) in [5.41, 5.74) is 4.69. The molecule has 1 aromatic carbocycles. The molecule has 0 aliphatic carbocycles. The van der Waals surface area contributed by atoms with E-state index in [9.17, 15) is 0 Å². The molecular weight excluding hydrogens is 306 g/mol. The van der Waals surface area contributed by atoms with E-state index >= 15 is 0 Å². The summed E-state index contributed by atoms with van der Waals surface area (Å²) < 4.78 is 0.777. The van der Waals surface area contributed by atoms with Crippen LogP contribution in [0.2, 0.25) is 0 Å². The SMILES string of the molecule is CC(C)c1ccc(Nc2nc(NN)ncc2Br)cc1. The van der Waals surface area contributed by atoms with Gasteiger partial charge >= 0.3 is 0 Å². The van der Waals surface area contributed by atoms with Gasteiger partial charge in [0.05, 0.1) is 4.47 Å². The predicted octanol–water partition coefficient (Wildman–Crippen LogP) is 3.39. The molecule has 1 aromatic heterocycles. The molecule has 0 saturated heterocycles. The first-order chi connectivity index (χ1) is 9.10. The lowest BCUT2D eigenvalue weighted by Crippen LogP contribution is -2.11. The second-order valence-corrected chi connectivity index (χ2v) is 5.29. The highest BCUT2D eigenvalue weighted by molar-refractivity contribution is 9.10. The maximum Gasteiger partial charge on any atom is 0.239 e. The number of rotatable bonds is 4. The first-order valence-electron chi connectivity index (χ1n) is 5.96. The second kappa shape index (κ2) is 5.99.